The molecule has 3 amide bonds. The molecule has 13 heteroatoms. The summed E-state index contributed by atoms with van der Waals surface area (Å²) in [6, 6.07) is 5.31. The van der Waals surface area contributed by atoms with E-state index in [4.69, 9.17) is 15.9 Å². The topological polar surface area (TPSA) is 138 Å². The number of halogens is 3. The smallest absolute Gasteiger partial charge is 0.243 e. The Morgan fingerprint density at radius 1 is 1.32 bits per heavy atom. The van der Waals surface area contributed by atoms with Gasteiger partial charge in [0.05, 0.1) is 25.7 Å². The van der Waals surface area contributed by atoms with Crippen molar-refractivity contribution in [2.24, 2.45) is 5.73 Å². The lowest BCUT2D eigenvalue weighted by Crippen LogP contribution is -2.49. The highest BCUT2D eigenvalue weighted by molar-refractivity contribution is 7.10. The van der Waals surface area contributed by atoms with Crippen molar-refractivity contribution >= 4 is 34.9 Å². The standard InChI is InChI=1S/C25H30F3N5O4S/c1-15(20-9-16(12-38-20)23(29)30)32-24(36)19-10-25(28,13-26)14-33(19)22(35)11-31-21(34)3-2-8-37-18-6-4-17(27)5-7-18/h4-7,9,12,15,19H,2-3,8,10-11,13-14H2,1H3,(H3,29,30)(H,31,34)(H,32,36)/t15?,19-,25-/m0/s1. The SMILES string of the molecule is CC(NC(=O)[C@@H]1C[C@](F)(CF)CN1C(=O)CNC(=O)CCCOc1ccc(F)cc1)c1cc(C(=N)N)cs1. The van der Waals surface area contributed by atoms with Gasteiger partial charge in [-0.05, 0) is 43.7 Å². The molecular weight excluding hydrogens is 523 g/mol. The van der Waals surface area contributed by atoms with E-state index in [-0.39, 0.29) is 18.9 Å². The van der Waals surface area contributed by atoms with Gasteiger partial charge in [-0.25, -0.2) is 13.2 Å². The van der Waals surface area contributed by atoms with E-state index >= 15 is 0 Å². The Bertz CT molecular complexity index is 1160. The molecule has 1 unspecified atom stereocenters. The van der Waals surface area contributed by atoms with Crippen molar-refractivity contribution in [1.82, 2.24) is 15.5 Å². The Morgan fingerprint density at radius 2 is 2.03 bits per heavy atom. The predicted molar refractivity (Wildman–Crippen MR) is 136 cm³/mol. The van der Waals surface area contributed by atoms with Crippen molar-refractivity contribution in [2.75, 3.05) is 26.4 Å². The number of benzene rings is 1. The lowest BCUT2D eigenvalue weighted by Gasteiger charge is -2.25. The van der Waals surface area contributed by atoms with Crippen LogP contribution in [0.15, 0.2) is 35.7 Å². The molecule has 0 saturated carbocycles. The Kier molecular flexibility index (Phi) is 9.72. The summed E-state index contributed by atoms with van der Waals surface area (Å²) in [6.07, 6.45) is -0.143. The molecule has 1 saturated heterocycles. The highest BCUT2D eigenvalue weighted by Gasteiger charge is 2.49. The highest BCUT2D eigenvalue weighted by Crippen LogP contribution is 2.32. The van der Waals surface area contributed by atoms with Crippen LogP contribution in [0.1, 0.15) is 42.7 Å². The van der Waals surface area contributed by atoms with Gasteiger partial charge in [0.1, 0.15) is 30.1 Å². The Hall–Kier alpha value is -3.61. The van der Waals surface area contributed by atoms with E-state index in [0.717, 1.165) is 4.90 Å². The number of amidine groups is 1. The first-order chi connectivity index (χ1) is 18.0. The third-order valence-electron chi connectivity index (χ3n) is 6.04. The molecule has 5 N–H and O–H groups in total. The first-order valence-corrected chi connectivity index (χ1v) is 12.8. The van der Waals surface area contributed by atoms with Crippen LogP contribution < -0.4 is 21.1 Å². The lowest BCUT2D eigenvalue weighted by molar-refractivity contribution is -0.139. The minimum atomic E-state index is -2.37. The maximum Gasteiger partial charge on any atom is 0.243 e. The van der Waals surface area contributed by atoms with Gasteiger partial charge in [-0.1, -0.05) is 0 Å². The van der Waals surface area contributed by atoms with Gasteiger partial charge >= 0.3 is 0 Å². The fraction of sp³-hybridized carbons (Fsp3) is 0.440. The number of ether oxygens (including phenoxy) is 1. The molecule has 38 heavy (non-hydrogen) atoms. The van der Waals surface area contributed by atoms with E-state index in [2.05, 4.69) is 10.6 Å². The first kappa shape index (κ1) is 29.0. The van der Waals surface area contributed by atoms with Gasteiger partial charge in [0.15, 0.2) is 5.67 Å². The van der Waals surface area contributed by atoms with Crippen LogP contribution in [-0.4, -0.2) is 66.5 Å². The average Bonchev–Trinajstić information content (AvgIpc) is 3.52. The van der Waals surface area contributed by atoms with E-state index < -0.39 is 67.5 Å². The van der Waals surface area contributed by atoms with Gasteiger partial charge in [0, 0.05) is 28.7 Å². The van der Waals surface area contributed by atoms with E-state index in [1.165, 1.54) is 35.6 Å². The van der Waals surface area contributed by atoms with Gasteiger partial charge in [-0.2, -0.15) is 0 Å². The fourth-order valence-electron chi connectivity index (χ4n) is 3.95. The molecular formula is C25H30F3N5O4S. The number of nitrogens with two attached hydrogens (primary N) is 1. The van der Waals surface area contributed by atoms with Crippen LogP contribution in [0.25, 0.3) is 0 Å². The number of nitrogens with one attached hydrogen (secondary N) is 3. The lowest BCUT2D eigenvalue weighted by atomic mass is 10.0. The molecule has 1 aliphatic heterocycles. The number of likely N-dealkylation sites (tertiary alicyclic amines) is 1. The Labute approximate surface area is 222 Å². The number of hydrogen-bond acceptors (Lipinski definition) is 6. The minimum Gasteiger partial charge on any atom is -0.494 e. The molecule has 1 aromatic heterocycles. The number of carbonyl (C=O) groups is 3. The summed E-state index contributed by atoms with van der Waals surface area (Å²) >= 11 is 1.28. The second-order valence-electron chi connectivity index (χ2n) is 9.09. The van der Waals surface area contributed by atoms with Crippen LogP contribution in [0.2, 0.25) is 0 Å². The fourth-order valence-corrected chi connectivity index (χ4v) is 4.87. The third-order valence-corrected chi connectivity index (χ3v) is 7.15. The van der Waals surface area contributed by atoms with Crippen LogP contribution in [0.4, 0.5) is 13.2 Å². The summed E-state index contributed by atoms with van der Waals surface area (Å²) in [4.78, 5) is 39.6. The van der Waals surface area contributed by atoms with Crippen LogP contribution in [0, 0.1) is 11.2 Å². The van der Waals surface area contributed by atoms with Crippen molar-refractivity contribution in [3.05, 3.63) is 52.0 Å². The highest BCUT2D eigenvalue weighted by atomic mass is 32.1. The minimum absolute atomic E-state index is 0.0382. The number of hydrogen-bond donors (Lipinski definition) is 4. The first-order valence-electron chi connectivity index (χ1n) is 11.9. The number of rotatable bonds is 12. The summed E-state index contributed by atoms with van der Waals surface area (Å²) in [7, 11) is 0. The average molecular weight is 554 g/mol. The van der Waals surface area contributed by atoms with Crippen molar-refractivity contribution in [1.29, 1.82) is 5.41 Å². The third kappa shape index (κ3) is 7.70. The molecule has 1 aromatic carbocycles. The van der Waals surface area contributed by atoms with Gasteiger partial charge in [-0.3, -0.25) is 19.8 Å². The molecule has 0 radical (unpaired) electrons. The van der Waals surface area contributed by atoms with Gasteiger partial charge < -0.3 is 26.0 Å². The van der Waals surface area contributed by atoms with Crippen molar-refractivity contribution in [3.63, 3.8) is 0 Å². The molecule has 9 nitrogen and oxygen atoms in total. The monoisotopic (exact) mass is 553 g/mol. The zero-order valence-electron chi connectivity index (χ0n) is 20.8. The molecule has 0 bridgehead atoms. The normalized spacial score (nSPS) is 19.6. The number of nitrogens with zero attached hydrogens (tertiary/aromatic N) is 1. The molecule has 0 spiro atoms. The Balaban J connectivity index is 1.50. The van der Waals surface area contributed by atoms with Crippen molar-refractivity contribution in [2.45, 2.75) is 43.9 Å². The van der Waals surface area contributed by atoms with E-state index in [0.29, 0.717) is 22.6 Å². The van der Waals surface area contributed by atoms with E-state index in [9.17, 15) is 27.6 Å². The molecule has 2 aromatic rings. The van der Waals surface area contributed by atoms with Crippen LogP contribution >= 0.6 is 11.3 Å². The molecule has 0 aliphatic carbocycles. The van der Waals surface area contributed by atoms with Crippen LogP contribution in [0.3, 0.4) is 0 Å². The molecule has 3 rings (SSSR count). The van der Waals surface area contributed by atoms with Crippen LogP contribution in [0.5, 0.6) is 5.75 Å². The maximum atomic E-state index is 14.9. The summed E-state index contributed by atoms with van der Waals surface area (Å²) in [5.41, 5.74) is 3.60. The zero-order chi connectivity index (χ0) is 27.9. The number of thiophene rings is 1. The predicted octanol–water partition coefficient (Wildman–Crippen LogP) is 2.60. The summed E-state index contributed by atoms with van der Waals surface area (Å²) in [5, 5.41) is 14.3. The quantitative estimate of drug-likeness (QED) is 0.182. The summed E-state index contributed by atoms with van der Waals surface area (Å²) in [6.45, 7) is -0.565. The van der Waals surface area contributed by atoms with Crippen LogP contribution in [-0.2, 0) is 14.4 Å². The van der Waals surface area contributed by atoms with Gasteiger partial charge in [-0.15, -0.1) is 11.3 Å². The van der Waals surface area contributed by atoms with E-state index in [1.807, 2.05) is 0 Å². The maximum absolute atomic E-state index is 14.9. The number of nitrogen functional groups attached to an aromatic ring is 1. The molecule has 206 valence electrons. The van der Waals surface area contributed by atoms with Crippen molar-refractivity contribution < 1.29 is 32.3 Å². The molecule has 3 atom stereocenters. The van der Waals surface area contributed by atoms with Gasteiger partial charge in [0.25, 0.3) is 0 Å². The van der Waals surface area contributed by atoms with Crippen molar-refractivity contribution in [3.8, 4) is 5.75 Å². The molecule has 2 heterocycles. The number of alkyl halides is 2. The largest absolute Gasteiger partial charge is 0.494 e. The van der Waals surface area contributed by atoms with Gasteiger partial charge in [0.2, 0.25) is 17.7 Å². The second-order valence-corrected chi connectivity index (χ2v) is 10.0. The molecule has 1 aliphatic rings. The number of carbonyl (C=O) groups excluding carboxylic acids is 3. The second kappa shape index (κ2) is 12.8. The summed E-state index contributed by atoms with van der Waals surface area (Å²) < 4.78 is 46.6. The number of amides is 3. The molecule has 1 fully saturated rings. The zero-order valence-corrected chi connectivity index (χ0v) is 21.6. The Morgan fingerprint density at radius 3 is 2.66 bits per heavy atom. The summed E-state index contributed by atoms with van der Waals surface area (Å²) in [5.74, 6) is -1.87. The van der Waals surface area contributed by atoms with E-state index in [1.54, 1.807) is 18.4 Å².